The summed E-state index contributed by atoms with van der Waals surface area (Å²) in [5, 5.41) is 37.1. The van der Waals surface area contributed by atoms with Crippen molar-refractivity contribution >= 4 is 17.3 Å². The number of carbonyl (C=O) groups is 1. The van der Waals surface area contributed by atoms with Crippen molar-refractivity contribution in [1.82, 2.24) is 0 Å². The van der Waals surface area contributed by atoms with Crippen LogP contribution >= 0.6 is 11.3 Å². The van der Waals surface area contributed by atoms with Gasteiger partial charge in [0.1, 0.15) is 17.1 Å². The van der Waals surface area contributed by atoms with Gasteiger partial charge in [-0.05, 0) is 17.0 Å². The molecule has 2 atom stereocenters. The quantitative estimate of drug-likeness (QED) is 0.562. The zero-order chi connectivity index (χ0) is 10.7. The molecule has 0 saturated heterocycles. The van der Waals surface area contributed by atoms with Gasteiger partial charge < -0.3 is 20.4 Å². The molecule has 0 radical (unpaired) electrons. The average molecular weight is 218 g/mol. The van der Waals surface area contributed by atoms with Crippen molar-refractivity contribution in [3.63, 3.8) is 0 Å². The number of rotatable bonds is 4. The number of thiophene rings is 1. The molecule has 2 unspecified atom stereocenters. The zero-order valence-electron chi connectivity index (χ0n) is 7.12. The average Bonchev–Trinajstić information content (AvgIpc) is 2.64. The second kappa shape index (κ2) is 4.52. The fourth-order valence-corrected chi connectivity index (χ4v) is 1.72. The van der Waals surface area contributed by atoms with Crippen LogP contribution < -0.4 is 0 Å². The van der Waals surface area contributed by atoms with E-state index >= 15 is 0 Å². The molecule has 0 aromatic carbocycles. The van der Waals surface area contributed by atoms with E-state index in [-0.39, 0.29) is 4.88 Å². The Kier molecular flexibility index (Phi) is 3.59. The van der Waals surface area contributed by atoms with Gasteiger partial charge in [-0.25, -0.2) is 4.79 Å². The van der Waals surface area contributed by atoms with Crippen molar-refractivity contribution in [2.24, 2.45) is 0 Å². The molecule has 0 saturated carbocycles. The molecule has 1 aromatic heterocycles. The summed E-state index contributed by atoms with van der Waals surface area (Å²) in [4.78, 5) is 10.6. The van der Waals surface area contributed by atoms with Crippen LogP contribution in [0.25, 0.3) is 0 Å². The van der Waals surface area contributed by atoms with Gasteiger partial charge in [0.25, 0.3) is 0 Å². The first kappa shape index (κ1) is 11.1. The number of aliphatic hydroxyl groups excluding tert-OH is 3. The zero-order valence-corrected chi connectivity index (χ0v) is 7.94. The third-order valence-electron chi connectivity index (χ3n) is 1.72. The summed E-state index contributed by atoms with van der Waals surface area (Å²) in [6, 6.07) is 1.27. The van der Waals surface area contributed by atoms with Crippen molar-refractivity contribution in [3.8, 4) is 0 Å². The highest BCUT2D eigenvalue weighted by molar-refractivity contribution is 7.12. The lowest BCUT2D eigenvalue weighted by molar-refractivity contribution is -0.0150. The Balaban J connectivity index is 2.81. The Hall–Kier alpha value is -0.950. The van der Waals surface area contributed by atoms with E-state index in [9.17, 15) is 9.90 Å². The summed E-state index contributed by atoms with van der Waals surface area (Å²) < 4.78 is 0. The summed E-state index contributed by atoms with van der Waals surface area (Å²) >= 11 is 0.962. The van der Waals surface area contributed by atoms with E-state index in [0.29, 0.717) is 5.56 Å². The molecule has 14 heavy (non-hydrogen) atoms. The molecule has 0 amide bonds. The highest BCUT2D eigenvalue weighted by atomic mass is 32.1. The molecule has 0 aliphatic carbocycles. The van der Waals surface area contributed by atoms with E-state index < -0.39 is 24.8 Å². The Morgan fingerprint density at radius 3 is 2.57 bits per heavy atom. The fraction of sp³-hybridized carbons (Fsp3) is 0.375. The molecule has 1 rings (SSSR count). The van der Waals surface area contributed by atoms with Crippen LogP contribution in [0.1, 0.15) is 21.3 Å². The largest absolute Gasteiger partial charge is 0.477 e. The highest BCUT2D eigenvalue weighted by Gasteiger charge is 2.19. The van der Waals surface area contributed by atoms with Gasteiger partial charge in [0.15, 0.2) is 0 Å². The first-order valence-corrected chi connectivity index (χ1v) is 4.73. The van der Waals surface area contributed by atoms with Crippen LogP contribution in [0.3, 0.4) is 0 Å². The molecule has 1 heterocycles. The van der Waals surface area contributed by atoms with Crippen molar-refractivity contribution in [2.45, 2.75) is 12.2 Å². The predicted octanol–water partition coefficient (Wildman–Crippen LogP) is -0.167. The van der Waals surface area contributed by atoms with E-state index in [1.807, 2.05) is 0 Å². The van der Waals surface area contributed by atoms with Crippen molar-refractivity contribution < 1.29 is 25.2 Å². The number of hydrogen-bond acceptors (Lipinski definition) is 5. The Morgan fingerprint density at radius 1 is 1.50 bits per heavy atom. The van der Waals surface area contributed by atoms with Crippen LogP contribution in [0.5, 0.6) is 0 Å². The number of carboxylic acid groups (broad SMARTS) is 1. The minimum absolute atomic E-state index is 0.0872. The van der Waals surface area contributed by atoms with E-state index in [1.165, 1.54) is 11.4 Å². The molecular weight excluding hydrogens is 208 g/mol. The van der Waals surface area contributed by atoms with Crippen LogP contribution in [0.15, 0.2) is 11.4 Å². The molecule has 4 N–H and O–H groups in total. The number of hydrogen-bond donors (Lipinski definition) is 4. The molecule has 78 valence electrons. The standard InChI is InChI=1S/C8H10O5S/c9-2-5(10)7(11)4-1-6(8(12)13)14-3-4/h1,3,5,7,9-11H,2H2,(H,12,13). The molecule has 1 aromatic rings. The van der Waals surface area contributed by atoms with E-state index in [1.54, 1.807) is 0 Å². The summed E-state index contributed by atoms with van der Waals surface area (Å²) in [5.74, 6) is -1.08. The Bertz CT molecular complexity index is 321. The normalized spacial score (nSPS) is 15.1. The van der Waals surface area contributed by atoms with Crippen LogP contribution in [0.4, 0.5) is 0 Å². The third kappa shape index (κ3) is 2.30. The van der Waals surface area contributed by atoms with E-state index in [0.717, 1.165) is 11.3 Å². The third-order valence-corrected chi connectivity index (χ3v) is 2.66. The summed E-state index contributed by atoms with van der Waals surface area (Å²) in [5.41, 5.74) is 0.300. The van der Waals surface area contributed by atoms with Crippen molar-refractivity contribution in [2.75, 3.05) is 6.61 Å². The van der Waals surface area contributed by atoms with Gasteiger partial charge in [-0.3, -0.25) is 0 Å². The highest BCUT2D eigenvalue weighted by Crippen LogP contribution is 2.23. The van der Waals surface area contributed by atoms with Crippen molar-refractivity contribution in [3.05, 3.63) is 21.9 Å². The number of aliphatic hydroxyl groups is 3. The molecular formula is C8H10O5S. The maximum absolute atomic E-state index is 10.5. The Labute approximate surface area is 83.9 Å². The summed E-state index contributed by atoms with van der Waals surface area (Å²) in [6.45, 7) is -0.570. The number of carboxylic acids is 1. The molecule has 5 nitrogen and oxygen atoms in total. The molecule has 0 aliphatic heterocycles. The molecule has 0 aliphatic rings. The van der Waals surface area contributed by atoms with Gasteiger partial charge in [-0.1, -0.05) is 0 Å². The summed E-state index contributed by atoms with van der Waals surface area (Å²) in [7, 11) is 0. The van der Waals surface area contributed by atoms with Crippen LogP contribution in [-0.2, 0) is 0 Å². The Morgan fingerprint density at radius 2 is 2.14 bits per heavy atom. The molecule has 0 fully saturated rings. The smallest absolute Gasteiger partial charge is 0.345 e. The fourth-order valence-electron chi connectivity index (χ4n) is 0.940. The lowest BCUT2D eigenvalue weighted by Crippen LogP contribution is -2.21. The van der Waals surface area contributed by atoms with E-state index in [2.05, 4.69) is 0 Å². The van der Waals surface area contributed by atoms with Gasteiger partial charge in [0.2, 0.25) is 0 Å². The lowest BCUT2D eigenvalue weighted by atomic mass is 10.1. The van der Waals surface area contributed by atoms with E-state index in [4.69, 9.17) is 15.3 Å². The maximum atomic E-state index is 10.5. The topological polar surface area (TPSA) is 98.0 Å². The second-order valence-corrected chi connectivity index (χ2v) is 3.66. The molecule has 0 bridgehead atoms. The molecule has 0 spiro atoms. The van der Waals surface area contributed by atoms with Crippen LogP contribution in [0.2, 0.25) is 0 Å². The second-order valence-electron chi connectivity index (χ2n) is 2.74. The lowest BCUT2D eigenvalue weighted by Gasteiger charge is -2.13. The van der Waals surface area contributed by atoms with Crippen LogP contribution in [-0.4, -0.2) is 39.1 Å². The van der Waals surface area contributed by atoms with Crippen molar-refractivity contribution in [1.29, 1.82) is 0 Å². The maximum Gasteiger partial charge on any atom is 0.345 e. The van der Waals surface area contributed by atoms with Gasteiger partial charge in [-0.2, -0.15) is 0 Å². The first-order chi connectivity index (χ1) is 6.56. The minimum Gasteiger partial charge on any atom is -0.477 e. The summed E-state index contributed by atoms with van der Waals surface area (Å²) in [6.07, 6.45) is -2.53. The predicted molar refractivity (Wildman–Crippen MR) is 49.3 cm³/mol. The minimum atomic E-state index is -1.29. The molecule has 6 heteroatoms. The first-order valence-electron chi connectivity index (χ1n) is 3.85. The van der Waals surface area contributed by atoms with Gasteiger partial charge in [0.05, 0.1) is 6.61 Å². The van der Waals surface area contributed by atoms with Gasteiger partial charge >= 0.3 is 5.97 Å². The van der Waals surface area contributed by atoms with Gasteiger partial charge in [-0.15, -0.1) is 11.3 Å². The monoisotopic (exact) mass is 218 g/mol. The number of aromatic carboxylic acids is 1. The van der Waals surface area contributed by atoms with Crippen LogP contribution in [0, 0.1) is 0 Å². The van der Waals surface area contributed by atoms with Gasteiger partial charge in [0, 0.05) is 0 Å². The SMILES string of the molecule is O=C(O)c1cc(C(O)C(O)CO)cs1.